The lowest BCUT2D eigenvalue weighted by molar-refractivity contribution is -0.160. The summed E-state index contributed by atoms with van der Waals surface area (Å²) in [6.45, 7) is 1.08. The van der Waals surface area contributed by atoms with Crippen molar-refractivity contribution in [3.8, 4) is 11.8 Å². The summed E-state index contributed by atoms with van der Waals surface area (Å²) < 4.78 is 10.3. The number of para-hydroxylation sites is 1. The Kier molecular flexibility index (Phi) is 7.59. The molecule has 0 aliphatic heterocycles. The summed E-state index contributed by atoms with van der Waals surface area (Å²) in [7, 11) is 3.02. The topological polar surface area (TPSA) is 109 Å². The van der Waals surface area contributed by atoms with E-state index in [2.05, 4.69) is 11.4 Å². The monoisotopic (exact) mass is 401 g/mol. The third kappa shape index (κ3) is 5.25. The van der Waals surface area contributed by atoms with Gasteiger partial charge in [-0.1, -0.05) is 31.4 Å². The number of nitrogens with one attached hydrogen (secondary N) is 1. The summed E-state index contributed by atoms with van der Waals surface area (Å²) >= 11 is 0. The summed E-state index contributed by atoms with van der Waals surface area (Å²) in [5.41, 5.74) is -0.562. The first-order valence-corrected chi connectivity index (χ1v) is 9.64. The van der Waals surface area contributed by atoms with Crippen LogP contribution in [0.2, 0.25) is 0 Å². The van der Waals surface area contributed by atoms with Gasteiger partial charge in [-0.3, -0.25) is 14.4 Å². The van der Waals surface area contributed by atoms with E-state index in [1.165, 1.54) is 18.9 Å². The van der Waals surface area contributed by atoms with Crippen molar-refractivity contribution in [2.24, 2.45) is 0 Å². The maximum Gasteiger partial charge on any atom is 0.326 e. The molecule has 0 unspecified atom stereocenters. The smallest absolute Gasteiger partial charge is 0.326 e. The van der Waals surface area contributed by atoms with Gasteiger partial charge in [0.25, 0.3) is 11.8 Å². The summed E-state index contributed by atoms with van der Waals surface area (Å²) in [6.07, 6.45) is 2.98. The van der Waals surface area contributed by atoms with Crippen LogP contribution in [0, 0.1) is 11.3 Å². The van der Waals surface area contributed by atoms with Crippen LogP contribution in [0.4, 0.5) is 0 Å². The molecule has 0 spiro atoms. The Morgan fingerprint density at radius 1 is 1.24 bits per heavy atom. The van der Waals surface area contributed by atoms with E-state index in [4.69, 9.17) is 9.47 Å². The van der Waals surface area contributed by atoms with Gasteiger partial charge in [0, 0.05) is 7.05 Å². The van der Waals surface area contributed by atoms with Crippen molar-refractivity contribution in [1.29, 1.82) is 5.26 Å². The number of amides is 2. The predicted molar refractivity (Wildman–Crippen MR) is 105 cm³/mol. The fraction of sp³-hybridized carbons (Fsp3) is 0.524. The number of benzene rings is 1. The minimum absolute atomic E-state index is 0.292. The Morgan fingerprint density at radius 2 is 1.90 bits per heavy atom. The van der Waals surface area contributed by atoms with Gasteiger partial charge in [-0.05, 0) is 31.9 Å². The number of hydrogen-bond donors (Lipinski definition) is 1. The molecule has 1 aliphatic rings. The Labute approximate surface area is 170 Å². The molecule has 2 amide bonds. The Morgan fingerprint density at radius 3 is 2.52 bits per heavy atom. The Bertz CT molecular complexity index is 796. The highest BCUT2D eigenvalue weighted by molar-refractivity contribution is 5.98. The highest BCUT2D eigenvalue weighted by Crippen LogP contribution is 2.32. The van der Waals surface area contributed by atoms with Crippen molar-refractivity contribution < 1.29 is 23.9 Å². The second-order valence-corrected chi connectivity index (χ2v) is 7.12. The minimum atomic E-state index is -1.05. The number of ether oxygens (including phenoxy) is 2. The van der Waals surface area contributed by atoms with Crippen molar-refractivity contribution in [3.63, 3.8) is 0 Å². The summed E-state index contributed by atoms with van der Waals surface area (Å²) in [5.74, 6) is -1.27. The minimum Gasteiger partial charge on any atom is -0.496 e. The second-order valence-electron chi connectivity index (χ2n) is 7.12. The molecular formula is C21H27N3O5. The number of nitrogens with zero attached hydrogens (tertiary/aromatic N) is 2. The molecule has 1 aromatic rings. The predicted octanol–water partition coefficient (Wildman–Crippen LogP) is 2.04. The first kappa shape index (κ1) is 22.2. The molecule has 0 bridgehead atoms. The van der Waals surface area contributed by atoms with Crippen LogP contribution < -0.4 is 10.1 Å². The van der Waals surface area contributed by atoms with E-state index in [0.29, 0.717) is 24.2 Å². The number of nitriles is 1. The first-order valence-electron chi connectivity index (χ1n) is 9.64. The number of carbonyl (C=O) groups excluding carboxylic acids is 3. The normalized spacial score (nSPS) is 16.1. The third-order valence-electron chi connectivity index (χ3n) is 5.26. The highest BCUT2D eigenvalue weighted by atomic mass is 16.5. The van der Waals surface area contributed by atoms with Crippen LogP contribution in [0.3, 0.4) is 0 Å². The van der Waals surface area contributed by atoms with Gasteiger partial charge < -0.3 is 19.7 Å². The second kappa shape index (κ2) is 9.92. The quantitative estimate of drug-likeness (QED) is 0.701. The molecule has 1 aliphatic carbocycles. The van der Waals surface area contributed by atoms with Crippen molar-refractivity contribution >= 4 is 17.8 Å². The van der Waals surface area contributed by atoms with E-state index < -0.39 is 29.4 Å². The zero-order valence-electron chi connectivity index (χ0n) is 17.1. The molecular weight excluding hydrogens is 374 g/mol. The number of esters is 1. The molecule has 0 heterocycles. The first-order chi connectivity index (χ1) is 13.8. The number of carbonyl (C=O) groups is 3. The summed E-state index contributed by atoms with van der Waals surface area (Å²) in [6, 6.07) is 8.90. The molecule has 8 heteroatoms. The third-order valence-corrected chi connectivity index (χ3v) is 5.26. The molecule has 1 atom stereocenters. The van der Waals surface area contributed by atoms with Crippen LogP contribution in [-0.2, 0) is 14.3 Å². The molecule has 156 valence electrons. The van der Waals surface area contributed by atoms with Crippen LogP contribution in [0.5, 0.6) is 5.75 Å². The number of rotatable bonds is 7. The summed E-state index contributed by atoms with van der Waals surface area (Å²) in [4.78, 5) is 38.4. The SMILES string of the molecule is COc1ccccc1C(=O)NCC(=O)O[C@H](C)C(=O)N(C)C1(C#N)CCCCC1. The van der Waals surface area contributed by atoms with Gasteiger partial charge in [-0.25, -0.2) is 0 Å². The van der Waals surface area contributed by atoms with Crippen LogP contribution >= 0.6 is 0 Å². The fourth-order valence-corrected chi connectivity index (χ4v) is 3.51. The van der Waals surface area contributed by atoms with Crippen molar-refractivity contribution in [3.05, 3.63) is 29.8 Å². The van der Waals surface area contributed by atoms with Crippen LogP contribution in [0.1, 0.15) is 49.4 Å². The average Bonchev–Trinajstić information content (AvgIpc) is 2.76. The lowest BCUT2D eigenvalue weighted by atomic mass is 9.81. The lowest BCUT2D eigenvalue weighted by Gasteiger charge is -2.39. The average molecular weight is 401 g/mol. The maximum absolute atomic E-state index is 12.7. The molecule has 2 rings (SSSR count). The van der Waals surface area contributed by atoms with Crippen LogP contribution in [-0.4, -0.2) is 55.0 Å². The molecule has 8 nitrogen and oxygen atoms in total. The zero-order valence-corrected chi connectivity index (χ0v) is 17.1. The Hall–Kier alpha value is -3.08. The number of hydrogen-bond acceptors (Lipinski definition) is 6. The van der Waals surface area contributed by atoms with Gasteiger partial charge in [-0.15, -0.1) is 0 Å². The highest BCUT2D eigenvalue weighted by Gasteiger charge is 2.40. The number of methoxy groups -OCH3 is 1. The lowest BCUT2D eigenvalue weighted by Crippen LogP contribution is -2.53. The standard InChI is InChI=1S/C21H27N3O5/c1-15(20(27)24(2)21(14-22)11-7-4-8-12-21)29-18(25)13-23-19(26)16-9-5-6-10-17(16)28-3/h5-6,9-10,15H,4,7-8,11-13H2,1-3H3,(H,23,26)/t15-/m1/s1. The van der Waals surface area contributed by atoms with Crippen LogP contribution in [0.15, 0.2) is 24.3 Å². The van der Waals surface area contributed by atoms with Gasteiger partial charge in [-0.2, -0.15) is 5.26 Å². The van der Waals surface area contributed by atoms with Gasteiger partial charge >= 0.3 is 5.97 Å². The molecule has 1 N–H and O–H groups in total. The molecule has 1 saturated carbocycles. The molecule has 1 aromatic carbocycles. The van der Waals surface area contributed by atoms with E-state index >= 15 is 0 Å². The summed E-state index contributed by atoms with van der Waals surface area (Å²) in [5, 5.41) is 12.1. The van der Waals surface area contributed by atoms with E-state index in [1.54, 1.807) is 31.3 Å². The molecule has 0 radical (unpaired) electrons. The van der Waals surface area contributed by atoms with Crippen molar-refractivity contribution in [1.82, 2.24) is 10.2 Å². The largest absolute Gasteiger partial charge is 0.496 e. The van der Waals surface area contributed by atoms with E-state index in [-0.39, 0.29) is 6.54 Å². The van der Waals surface area contributed by atoms with Gasteiger partial charge in [0.15, 0.2) is 6.10 Å². The molecule has 1 fully saturated rings. The van der Waals surface area contributed by atoms with E-state index in [0.717, 1.165) is 19.3 Å². The Balaban J connectivity index is 1.90. The van der Waals surface area contributed by atoms with Gasteiger partial charge in [0.1, 0.15) is 17.8 Å². The van der Waals surface area contributed by atoms with Gasteiger partial charge in [0.05, 0.1) is 18.7 Å². The zero-order chi connectivity index (χ0) is 21.4. The van der Waals surface area contributed by atoms with Gasteiger partial charge in [0.2, 0.25) is 0 Å². The number of likely N-dealkylation sites (N-methyl/N-ethyl adjacent to an activating group) is 1. The van der Waals surface area contributed by atoms with Crippen LogP contribution in [0.25, 0.3) is 0 Å². The maximum atomic E-state index is 12.7. The van der Waals surface area contributed by atoms with E-state index in [1.807, 2.05) is 0 Å². The molecule has 0 aromatic heterocycles. The molecule has 29 heavy (non-hydrogen) atoms. The van der Waals surface area contributed by atoms with E-state index in [9.17, 15) is 19.6 Å². The van der Waals surface area contributed by atoms with Crippen molar-refractivity contribution in [2.45, 2.75) is 50.7 Å². The molecule has 0 saturated heterocycles. The fourth-order valence-electron chi connectivity index (χ4n) is 3.51. The van der Waals surface area contributed by atoms with Crippen molar-refractivity contribution in [2.75, 3.05) is 20.7 Å².